The van der Waals surface area contributed by atoms with Crippen LogP contribution in [0.4, 0.5) is 0 Å². The van der Waals surface area contributed by atoms with Gasteiger partial charge in [-0.3, -0.25) is 4.79 Å². The molecule has 0 aromatic carbocycles. The lowest BCUT2D eigenvalue weighted by Crippen LogP contribution is -2.11. The summed E-state index contributed by atoms with van der Waals surface area (Å²) in [7, 11) is 0. The van der Waals surface area contributed by atoms with Crippen molar-refractivity contribution >= 4 is 17.1 Å². The van der Waals surface area contributed by atoms with Crippen LogP contribution in [0.3, 0.4) is 0 Å². The van der Waals surface area contributed by atoms with Crippen LogP contribution in [-0.2, 0) is 0 Å². The van der Waals surface area contributed by atoms with E-state index in [0.29, 0.717) is 11.7 Å². The van der Waals surface area contributed by atoms with Crippen LogP contribution in [0.2, 0.25) is 0 Å². The number of thiophene rings is 1. The van der Waals surface area contributed by atoms with Crippen molar-refractivity contribution < 1.29 is 4.79 Å². The molecule has 0 spiro atoms. The van der Waals surface area contributed by atoms with Gasteiger partial charge in [0.05, 0.1) is 0 Å². The van der Waals surface area contributed by atoms with Gasteiger partial charge >= 0.3 is 0 Å². The Bertz CT molecular complexity index is 272. The van der Waals surface area contributed by atoms with Gasteiger partial charge < -0.3 is 0 Å². The van der Waals surface area contributed by atoms with Crippen LogP contribution < -0.4 is 0 Å². The molecule has 1 saturated carbocycles. The maximum absolute atomic E-state index is 11.7. The highest BCUT2D eigenvalue weighted by molar-refractivity contribution is 7.08. The molecule has 1 aromatic heterocycles. The van der Waals surface area contributed by atoms with Crippen LogP contribution in [0.5, 0.6) is 0 Å². The summed E-state index contributed by atoms with van der Waals surface area (Å²) in [5, 5.41) is 3.91. The van der Waals surface area contributed by atoms with Crippen molar-refractivity contribution in [3.63, 3.8) is 0 Å². The Morgan fingerprint density at radius 1 is 1.67 bits per heavy atom. The maximum atomic E-state index is 11.7. The van der Waals surface area contributed by atoms with Crippen molar-refractivity contribution in [1.29, 1.82) is 0 Å². The van der Waals surface area contributed by atoms with Gasteiger partial charge in [0, 0.05) is 16.9 Å². The van der Waals surface area contributed by atoms with Gasteiger partial charge in [-0.2, -0.15) is 11.3 Å². The highest BCUT2D eigenvalue weighted by Crippen LogP contribution is 2.38. The largest absolute Gasteiger partial charge is 0.294 e. The molecule has 1 nitrogen and oxygen atoms in total. The molecule has 0 aliphatic heterocycles. The van der Waals surface area contributed by atoms with Gasteiger partial charge in [0.15, 0.2) is 5.78 Å². The quantitative estimate of drug-likeness (QED) is 0.653. The minimum atomic E-state index is 0.250. The molecule has 1 unspecified atom stereocenters. The Morgan fingerprint density at radius 3 is 2.92 bits per heavy atom. The van der Waals surface area contributed by atoms with E-state index in [1.54, 1.807) is 11.3 Å². The molecule has 1 aliphatic carbocycles. The molecule has 2 heteroatoms. The summed E-state index contributed by atoms with van der Waals surface area (Å²) >= 11 is 1.60. The highest BCUT2D eigenvalue weighted by atomic mass is 32.1. The van der Waals surface area contributed by atoms with Crippen molar-refractivity contribution in [3.8, 4) is 0 Å². The summed E-state index contributed by atoms with van der Waals surface area (Å²) < 4.78 is 0. The van der Waals surface area contributed by atoms with E-state index in [1.807, 2.05) is 16.8 Å². The Kier molecular flexibility index (Phi) is 2.01. The summed E-state index contributed by atoms with van der Waals surface area (Å²) in [6.45, 7) is 2.05. The lowest BCUT2D eigenvalue weighted by molar-refractivity contribution is 0.0917. The van der Waals surface area contributed by atoms with Gasteiger partial charge in [0.1, 0.15) is 0 Å². The van der Waals surface area contributed by atoms with Gasteiger partial charge in [0.2, 0.25) is 0 Å². The number of ketones is 1. The van der Waals surface area contributed by atoms with Crippen LogP contribution >= 0.6 is 11.3 Å². The summed E-state index contributed by atoms with van der Waals surface area (Å²) in [4.78, 5) is 11.7. The lowest BCUT2D eigenvalue weighted by Gasteiger charge is -2.05. The fourth-order valence-electron chi connectivity index (χ4n) is 1.48. The van der Waals surface area contributed by atoms with Gasteiger partial charge in [-0.1, -0.05) is 6.92 Å². The van der Waals surface area contributed by atoms with Crippen molar-refractivity contribution in [1.82, 2.24) is 0 Å². The third kappa shape index (κ3) is 1.44. The van der Waals surface area contributed by atoms with Crippen LogP contribution in [0, 0.1) is 11.8 Å². The Morgan fingerprint density at radius 2 is 2.42 bits per heavy atom. The van der Waals surface area contributed by atoms with E-state index in [1.165, 1.54) is 12.8 Å². The predicted molar refractivity (Wildman–Crippen MR) is 50.5 cm³/mol. The van der Waals surface area contributed by atoms with E-state index in [2.05, 4.69) is 6.92 Å². The smallest absolute Gasteiger partial charge is 0.166 e. The molecule has 64 valence electrons. The molecule has 1 atom stereocenters. The van der Waals surface area contributed by atoms with Crippen molar-refractivity contribution in [3.05, 3.63) is 22.4 Å². The van der Waals surface area contributed by atoms with Crippen LogP contribution in [0.15, 0.2) is 16.8 Å². The van der Waals surface area contributed by atoms with Crippen LogP contribution in [0.25, 0.3) is 0 Å². The molecule has 1 aromatic rings. The fraction of sp³-hybridized carbons (Fsp3) is 0.500. The van der Waals surface area contributed by atoms with E-state index in [9.17, 15) is 4.79 Å². The number of hydrogen-bond donors (Lipinski definition) is 0. The Labute approximate surface area is 76.4 Å². The average Bonchev–Trinajstić information content (AvgIpc) is 2.79. The van der Waals surface area contributed by atoms with Crippen LogP contribution in [0.1, 0.15) is 30.1 Å². The van der Waals surface area contributed by atoms with Gasteiger partial charge in [-0.15, -0.1) is 0 Å². The highest BCUT2D eigenvalue weighted by Gasteiger charge is 2.32. The fourth-order valence-corrected chi connectivity index (χ4v) is 2.12. The minimum absolute atomic E-state index is 0.250. The van der Waals surface area contributed by atoms with E-state index < -0.39 is 0 Å². The van der Waals surface area contributed by atoms with Gasteiger partial charge in [0.25, 0.3) is 0 Å². The number of carbonyl (C=O) groups excluding carboxylic acids is 1. The van der Waals surface area contributed by atoms with Crippen molar-refractivity contribution in [2.45, 2.75) is 19.8 Å². The zero-order chi connectivity index (χ0) is 8.55. The number of rotatable bonds is 3. The molecular weight excluding hydrogens is 168 g/mol. The molecule has 0 saturated heterocycles. The molecule has 2 rings (SSSR count). The van der Waals surface area contributed by atoms with Gasteiger partial charge in [-0.05, 0) is 30.2 Å². The van der Waals surface area contributed by atoms with Gasteiger partial charge in [-0.25, -0.2) is 0 Å². The molecule has 0 bridgehead atoms. The Hall–Kier alpha value is -0.630. The first-order valence-electron chi connectivity index (χ1n) is 4.35. The molecule has 1 fully saturated rings. The Balaban J connectivity index is 2.09. The molecule has 1 aliphatic rings. The number of carbonyl (C=O) groups is 1. The first-order chi connectivity index (χ1) is 5.79. The van der Waals surface area contributed by atoms with E-state index >= 15 is 0 Å². The minimum Gasteiger partial charge on any atom is -0.294 e. The maximum Gasteiger partial charge on any atom is 0.166 e. The van der Waals surface area contributed by atoms with Crippen molar-refractivity contribution in [2.24, 2.45) is 11.8 Å². The summed E-state index contributed by atoms with van der Waals surface area (Å²) in [5.41, 5.74) is 0.902. The molecule has 0 amide bonds. The number of hydrogen-bond acceptors (Lipinski definition) is 2. The monoisotopic (exact) mass is 180 g/mol. The summed E-state index contributed by atoms with van der Waals surface area (Å²) in [6.07, 6.45) is 2.49. The lowest BCUT2D eigenvalue weighted by atomic mass is 9.97. The molecule has 0 N–H and O–H groups in total. The third-order valence-corrected chi connectivity index (χ3v) is 3.23. The first-order valence-corrected chi connectivity index (χ1v) is 5.29. The standard InChI is InChI=1S/C10H12OS/c1-7(8-2-3-8)10(11)9-4-5-12-6-9/h4-8H,2-3H2,1H3. The summed E-state index contributed by atoms with van der Waals surface area (Å²) in [5.74, 6) is 1.26. The first kappa shape index (κ1) is 7.99. The van der Waals surface area contributed by atoms with E-state index in [-0.39, 0.29) is 5.92 Å². The van der Waals surface area contributed by atoms with E-state index in [0.717, 1.165) is 5.56 Å². The second-order valence-corrected chi connectivity index (χ2v) is 4.28. The molecular formula is C10H12OS. The zero-order valence-electron chi connectivity index (χ0n) is 7.12. The molecule has 0 radical (unpaired) electrons. The second kappa shape index (κ2) is 3.02. The SMILES string of the molecule is CC(C(=O)c1ccsc1)C1CC1. The second-order valence-electron chi connectivity index (χ2n) is 3.50. The summed E-state index contributed by atoms with van der Waals surface area (Å²) in [6, 6.07) is 1.92. The normalized spacial score (nSPS) is 19.1. The topological polar surface area (TPSA) is 17.1 Å². The molecule has 1 heterocycles. The molecule has 12 heavy (non-hydrogen) atoms. The van der Waals surface area contributed by atoms with Crippen LogP contribution in [-0.4, -0.2) is 5.78 Å². The zero-order valence-corrected chi connectivity index (χ0v) is 7.93. The van der Waals surface area contributed by atoms with Crippen molar-refractivity contribution in [2.75, 3.05) is 0 Å². The third-order valence-electron chi connectivity index (χ3n) is 2.55. The predicted octanol–water partition coefficient (Wildman–Crippen LogP) is 2.98. The number of Topliss-reactive ketones (excluding diaryl/α,β-unsaturated/α-hetero) is 1. The van der Waals surface area contributed by atoms with E-state index in [4.69, 9.17) is 0 Å². The average molecular weight is 180 g/mol.